The zero-order valence-electron chi connectivity index (χ0n) is 16.8. The van der Waals surface area contributed by atoms with E-state index in [0.29, 0.717) is 0 Å². The molecule has 0 aliphatic carbocycles. The fourth-order valence-electron chi connectivity index (χ4n) is 2.29. The Balaban J connectivity index is 5.19. The van der Waals surface area contributed by atoms with Crippen LogP contribution in [0.2, 0.25) is 0 Å². The van der Waals surface area contributed by atoms with E-state index in [1.165, 1.54) is 6.92 Å². The molecule has 0 spiro atoms. The Labute approximate surface area is 175 Å². The molecule has 0 rings (SSSR count). The Kier molecular flexibility index (Phi) is 11.9. The fourth-order valence-corrected chi connectivity index (χ4v) is 2.55. The maximum atomic E-state index is 12.5. The minimum Gasteiger partial charge on any atom is -0.480 e. The van der Waals surface area contributed by atoms with E-state index in [1.54, 1.807) is 0 Å². The average molecular weight is 434 g/mol. The number of primary amides is 1. The second-order valence-electron chi connectivity index (χ2n) is 7.13. The van der Waals surface area contributed by atoms with Gasteiger partial charge in [0.15, 0.2) is 0 Å². The largest absolute Gasteiger partial charge is 0.480 e. The summed E-state index contributed by atoms with van der Waals surface area (Å²) in [5.74, 6) is -4.05. The molecule has 0 radical (unpaired) electrons. The van der Waals surface area contributed by atoms with Gasteiger partial charge in [-0.25, -0.2) is 4.79 Å². The van der Waals surface area contributed by atoms with Crippen LogP contribution in [0, 0.1) is 5.92 Å². The summed E-state index contributed by atoms with van der Waals surface area (Å²) in [6, 6.07) is -4.31. The van der Waals surface area contributed by atoms with Crippen LogP contribution in [0.1, 0.15) is 40.0 Å². The third-order valence-electron chi connectivity index (χ3n) is 3.86. The number of nitrogens with two attached hydrogens (primary N) is 2. The van der Waals surface area contributed by atoms with Crippen molar-refractivity contribution in [1.29, 1.82) is 0 Å². The minimum absolute atomic E-state index is 0.0205. The molecule has 0 fully saturated rings. The molecule has 4 atom stereocenters. The van der Waals surface area contributed by atoms with Gasteiger partial charge in [0.2, 0.25) is 23.6 Å². The van der Waals surface area contributed by atoms with E-state index in [-0.39, 0.29) is 30.9 Å². The molecule has 11 nitrogen and oxygen atoms in total. The molecule has 8 N–H and O–H groups in total. The highest BCUT2D eigenvalue weighted by Crippen LogP contribution is 2.06. The fraction of sp³-hybridized carbons (Fsp3) is 0.706. The van der Waals surface area contributed by atoms with E-state index in [9.17, 15) is 29.1 Å². The first-order valence-corrected chi connectivity index (χ1v) is 9.80. The molecule has 0 saturated heterocycles. The molecule has 0 aromatic rings. The highest BCUT2D eigenvalue weighted by Gasteiger charge is 2.29. The summed E-state index contributed by atoms with van der Waals surface area (Å²) in [5.41, 5.74) is 10.6. The van der Waals surface area contributed by atoms with Gasteiger partial charge in [0.05, 0.1) is 6.04 Å². The van der Waals surface area contributed by atoms with Crippen LogP contribution in [-0.4, -0.2) is 64.6 Å². The molecule has 166 valence electrons. The molecular weight excluding hydrogens is 402 g/mol. The van der Waals surface area contributed by atoms with Gasteiger partial charge in [0.1, 0.15) is 18.1 Å². The Morgan fingerprint density at radius 2 is 1.38 bits per heavy atom. The third-order valence-corrected chi connectivity index (χ3v) is 4.23. The monoisotopic (exact) mass is 433 g/mol. The quantitative estimate of drug-likeness (QED) is 0.165. The zero-order chi connectivity index (χ0) is 22.7. The van der Waals surface area contributed by atoms with Gasteiger partial charge in [-0.05, 0) is 25.7 Å². The minimum atomic E-state index is -1.19. The second-order valence-corrected chi connectivity index (χ2v) is 7.49. The molecular formula is C17H31N5O6S. The van der Waals surface area contributed by atoms with Crippen LogP contribution < -0.4 is 27.4 Å². The number of nitrogens with one attached hydrogen (secondary N) is 3. The molecule has 0 aromatic heterocycles. The smallest absolute Gasteiger partial charge is 0.326 e. The van der Waals surface area contributed by atoms with Gasteiger partial charge in [0, 0.05) is 12.2 Å². The lowest BCUT2D eigenvalue weighted by Crippen LogP contribution is -2.57. The van der Waals surface area contributed by atoms with E-state index < -0.39 is 53.8 Å². The van der Waals surface area contributed by atoms with E-state index in [1.807, 2.05) is 13.8 Å². The molecule has 0 heterocycles. The number of carbonyl (C=O) groups is 5. The number of hydrogen-bond donors (Lipinski definition) is 7. The van der Waals surface area contributed by atoms with Gasteiger partial charge >= 0.3 is 5.97 Å². The summed E-state index contributed by atoms with van der Waals surface area (Å²) in [6.45, 7) is 5.04. The van der Waals surface area contributed by atoms with Crippen LogP contribution >= 0.6 is 12.6 Å². The van der Waals surface area contributed by atoms with Crippen molar-refractivity contribution in [2.45, 2.75) is 64.2 Å². The first kappa shape index (κ1) is 26.7. The Hall–Kier alpha value is -2.34. The second kappa shape index (κ2) is 13.0. The Bertz CT molecular complexity index is 613. The Morgan fingerprint density at radius 1 is 0.897 bits per heavy atom. The predicted octanol–water partition coefficient (Wildman–Crippen LogP) is -1.89. The van der Waals surface area contributed by atoms with Crippen LogP contribution in [-0.2, 0) is 24.0 Å². The van der Waals surface area contributed by atoms with Crippen LogP contribution in [0.3, 0.4) is 0 Å². The normalized spacial score (nSPS) is 15.0. The first-order chi connectivity index (χ1) is 13.4. The number of aliphatic carboxylic acids is 1. The average Bonchev–Trinajstić information content (AvgIpc) is 2.60. The van der Waals surface area contributed by atoms with E-state index in [2.05, 4.69) is 28.6 Å². The van der Waals surface area contributed by atoms with Crippen LogP contribution in [0.25, 0.3) is 0 Å². The molecule has 12 heteroatoms. The summed E-state index contributed by atoms with van der Waals surface area (Å²) in [5, 5.41) is 16.4. The standard InChI is InChI=1S/C17H31N5O6S/c1-8(2)6-11(17(27)28)21-16(26)12(7-29)22-15(25)10(4-5-13(19)23)20-14(24)9(3)18/h8-12,29H,4-7,18H2,1-3H3,(H2,19,23)(H,20,24)(H,21,26)(H,22,25)(H,27,28). The summed E-state index contributed by atoms with van der Waals surface area (Å²) < 4.78 is 0. The lowest BCUT2D eigenvalue weighted by atomic mass is 10.0. The molecule has 0 aromatic carbocycles. The number of carbonyl (C=O) groups excluding carboxylic acids is 4. The van der Waals surface area contributed by atoms with Gasteiger partial charge in [0.25, 0.3) is 0 Å². The zero-order valence-corrected chi connectivity index (χ0v) is 17.7. The van der Waals surface area contributed by atoms with Crippen LogP contribution in [0.4, 0.5) is 0 Å². The topological polar surface area (TPSA) is 194 Å². The molecule has 0 aliphatic heterocycles. The van der Waals surface area contributed by atoms with Crippen molar-refractivity contribution in [3.05, 3.63) is 0 Å². The molecule has 29 heavy (non-hydrogen) atoms. The van der Waals surface area contributed by atoms with Crippen LogP contribution in [0.15, 0.2) is 0 Å². The number of rotatable bonds is 13. The van der Waals surface area contributed by atoms with Crippen molar-refractivity contribution in [3.63, 3.8) is 0 Å². The number of thiol groups is 1. The lowest BCUT2D eigenvalue weighted by Gasteiger charge is -2.24. The molecule has 0 bridgehead atoms. The number of carboxylic acid groups (broad SMARTS) is 1. The van der Waals surface area contributed by atoms with Crippen molar-refractivity contribution in [2.75, 3.05) is 5.75 Å². The van der Waals surface area contributed by atoms with E-state index in [0.717, 1.165) is 0 Å². The Morgan fingerprint density at radius 3 is 1.79 bits per heavy atom. The van der Waals surface area contributed by atoms with Gasteiger partial charge in [-0.2, -0.15) is 12.6 Å². The maximum Gasteiger partial charge on any atom is 0.326 e. The molecule has 4 amide bonds. The molecule has 0 saturated carbocycles. The van der Waals surface area contributed by atoms with Gasteiger partial charge < -0.3 is 32.5 Å². The van der Waals surface area contributed by atoms with E-state index >= 15 is 0 Å². The number of hydrogen-bond acceptors (Lipinski definition) is 7. The highest BCUT2D eigenvalue weighted by atomic mass is 32.1. The highest BCUT2D eigenvalue weighted by molar-refractivity contribution is 7.80. The van der Waals surface area contributed by atoms with Crippen molar-refractivity contribution in [3.8, 4) is 0 Å². The molecule has 0 aliphatic rings. The maximum absolute atomic E-state index is 12.5. The van der Waals surface area contributed by atoms with Gasteiger partial charge in [-0.1, -0.05) is 13.8 Å². The van der Waals surface area contributed by atoms with Crippen molar-refractivity contribution >= 4 is 42.2 Å². The third kappa shape index (κ3) is 10.7. The van der Waals surface area contributed by atoms with Crippen molar-refractivity contribution in [1.82, 2.24) is 16.0 Å². The van der Waals surface area contributed by atoms with E-state index in [4.69, 9.17) is 11.5 Å². The summed E-state index contributed by atoms with van der Waals surface area (Å²) in [4.78, 5) is 59.1. The van der Waals surface area contributed by atoms with Crippen molar-refractivity contribution < 1.29 is 29.1 Å². The predicted molar refractivity (Wildman–Crippen MR) is 109 cm³/mol. The summed E-state index contributed by atoms with van der Waals surface area (Å²) >= 11 is 4.03. The SMILES string of the molecule is CC(C)CC(NC(=O)C(CS)NC(=O)C(CCC(N)=O)NC(=O)C(C)N)C(=O)O. The van der Waals surface area contributed by atoms with Crippen LogP contribution in [0.5, 0.6) is 0 Å². The first-order valence-electron chi connectivity index (χ1n) is 9.17. The molecule has 4 unspecified atom stereocenters. The number of amides is 4. The number of carboxylic acids is 1. The van der Waals surface area contributed by atoms with Gasteiger partial charge in [-0.3, -0.25) is 19.2 Å². The van der Waals surface area contributed by atoms with Crippen molar-refractivity contribution in [2.24, 2.45) is 17.4 Å². The summed E-state index contributed by atoms with van der Waals surface area (Å²) in [6.07, 6.45) is -0.0594. The lowest BCUT2D eigenvalue weighted by molar-refractivity contribution is -0.142. The van der Waals surface area contributed by atoms with Gasteiger partial charge in [-0.15, -0.1) is 0 Å². The summed E-state index contributed by atoms with van der Waals surface area (Å²) in [7, 11) is 0.